The molecule has 0 amide bonds. The van der Waals surface area contributed by atoms with E-state index >= 15 is 0 Å². The largest absolute Gasteiger partial charge is 1.00 e. The number of hydrogen-bond donors (Lipinski definition) is 0. The number of halogens is 2. The Morgan fingerprint density at radius 3 is 1.80 bits per heavy atom. The van der Waals surface area contributed by atoms with Gasteiger partial charge in [0.05, 0.1) is 0 Å². The topological polar surface area (TPSA) is 0 Å². The van der Waals surface area contributed by atoms with E-state index in [4.69, 9.17) is 0 Å². The van der Waals surface area contributed by atoms with E-state index < -0.39 is 28.3 Å². The van der Waals surface area contributed by atoms with Crippen LogP contribution in [0.2, 0.25) is 0 Å². The van der Waals surface area contributed by atoms with Gasteiger partial charge in [-0.25, -0.2) is 0 Å². The van der Waals surface area contributed by atoms with Crippen molar-refractivity contribution >= 4 is 33.1 Å². The zero-order valence-electron chi connectivity index (χ0n) is 28.6. The SMILES string of the molecule is CCCC1=Cc2c(-c3cccc4ccccc34)cccc2C1c1cccc2c1[CH]([Zr+2][SiH](c1ccccc1)c1ccccc1)c1ccccc1-2.[Cl-].[Cl-]. The second-order valence-electron chi connectivity index (χ2n) is 13.5. The molecule has 2 unspecified atom stereocenters. The zero-order valence-corrected chi connectivity index (χ0v) is 33.7. The van der Waals surface area contributed by atoms with Crippen LogP contribution in [0.4, 0.5) is 0 Å². The Bertz CT molecular complexity index is 2310. The summed E-state index contributed by atoms with van der Waals surface area (Å²) in [5.41, 5.74) is 14.8. The molecule has 0 spiro atoms. The molecule has 0 bridgehead atoms. The molecule has 248 valence electrons. The van der Waals surface area contributed by atoms with E-state index in [-0.39, 0.29) is 30.7 Å². The second kappa shape index (κ2) is 15.4. The van der Waals surface area contributed by atoms with Gasteiger partial charge in [0.25, 0.3) is 0 Å². The van der Waals surface area contributed by atoms with E-state index in [1.165, 1.54) is 44.2 Å². The van der Waals surface area contributed by atoms with Gasteiger partial charge in [-0.1, -0.05) is 0 Å². The summed E-state index contributed by atoms with van der Waals surface area (Å²) in [4.78, 5) is 0. The van der Waals surface area contributed by atoms with Gasteiger partial charge < -0.3 is 24.8 Å². The number of allylic oxidation sites excluding steroid dienone is 1. The molecule has 51 heavy (non-hydrogen) atoms. The summed E-state index contributed by atoms with van der Waals surface area (Å²) in [5.74, 6) is -1.11. The van der Waals surface area contributed by atoms with Crippen molar-refractivity contribution in [1.82, 2.24) is 0 Å². The minimum Gasteiger partial charge on any atom is -1.00 e. The van der Waals surface area contributed by atoms with Crippen molar-refractivity contribution in [2.75, 3.05) is 0 Å². The van der Waals surface area contributed by atoms with Crippen molar-refractivity contribution in [1.29, 1.82) is 0 Å². The molecule has 7 aromatic carbocycles. The molecule has 2 aliphatic rings. The minimum absolute atomic E-state index is 0. The second-order valence-corrected chi connectivity index (χ2v) is 24.2. The predicted molar refractivity (Wildman–Crippen MR) is 207 cm³/mol. The Hall–Kier alpha value is -3.78. The van der Waals surface area contributed by atoms with Crippen molar-refractivity contribution in [3.8, 4) is 22.3 Å². The molecule has 9 rings (SSSR count). The summed E-state index contributed by atoms with van der Waals surface area (Å²) in [6.45, 7) is 2.34. The number of rotatable bonds is 8. The predicted octanol–water partition coefficient (Wildman–Crippen LogP) is 4.53. The summed E-state index contributed by atoms with van der Waals surface area (Å²) in [5, 5.41) is 5.82. The first-order valence-corrected chi connectivity index (χ1v) is 25.1. The summed E-state index contributed by atoms with van der Waals surface area (Å²) < 4.78 is 0.524. The van der Waals surface area contributed by atoms with Gasteiger partial charge >= 0.3 is 304 Å². The van der Waals surface area contributed by atoms with Crippen LogP contribution in [-0.2, 0) is 22.4 Å². The molecule has 0 aliphatic heterocycles. The van der Waals surface area contributed by atoms with Crippen molar-refractivity contribution in [2.24, 2.45) is 0 Å². The first-order valence-electron chi connectivity index (χ1n) is 17.7. The Morgan fingerprint density at radius 1 is 0.510 bits per heavy atom. The van der Waals surface area contributed by atoms with Gasteiger partial charge in [0, 0.05) is 0 Å². The van der Waals surface area contributed by atoms with Crippen LogP contribution < -0.4 is 35.2 Å². The van der Waals surface area contributed by atoms with E-state index in [1.54, 1.807) is 32.6 Å². The normalized spacial score (nSPS) is 15.2. The summed E-state index contributed by atoms with van der Waals surface area (Å²) >= 11 is -1.02. The van der Waals surface area contributed by atoms with Gasteiger partial charge in [0.15, 0.2) is 0 Å². The molecule has 7 aromatic rings. The summed E-state index contributed by atoms with van der Waals surface area (Å²) in [6, 6.07) is 62.4. The van der Waals surface area contributed by atoms with Crippen LogP contribution in [0.3, 0.4) is 0 Å². The molecule has 0 N–H and O–H groups in total. The van der Waals surface area contributed by atoms with E-state index in [0.29, 0.717) is 3.63 Å². The van der Waals surface area contributed by atoms with Gasteiger partial charge in [0.2, 0.25) is 0 Å². The third-order valence-electron chi connectivity index (χ3n) is 10.7. The number of benzene rings is 7. The van der Waals surface area contributed by atoms with Crippen molar-refractivity contribution in [3.63, 3.8) is 0 Å². The van der Waals surface area contributed by atoms with Crippen LogP contribution in [0.25, 0.3) is 39.1 Å². The smallest absolute Gasteiger partial charge is 1.00 e. The van der Waals surface area contributed by atoms with Crippen LogP contribution in [0.15, 0.2) is 169 Å². The first kappa shape index (κ1) is 35.6. The van der Waals surface area contributed by atoms with Gasteiger partial charge in [-0.05, 0) is 0 Å². The zero-order chi connectivity index (χ0) is 32.7. The monoisotopic (exact) mass is 790 g/mol. The minimum atomic E-state index is -1.39. The summed E-state index contributed by atoms with van der Waals surface area (Å²) in [7, 11) is 0. The first-order chi connectivity index (χ1) is 24.3. The molecular formula is C47H38Cl2SiZr. The van der Waals surface area contributed by atoms with Crippen LogP contribution in [0.1, 0.15) is 57.1 Å². The molecular weight excluding hydrogens is 755 g/mol. The maximum atomic E-state index is 2.57. The molecule has 4 heteroatoms. The Labute approximate surface area is 326 Å². The molecule has 0 saturated carbocycles. The van der Waals surface area contributed by atoms with Crippen molar-refractivity contribution in [2.45, 2.75) is 29.3 Å². The molecule has 0 fully saturated rings. The average Bonchev–Trinajstić information content (AvgIpc) is 3.70. The fraction of sp³-hybridized carbons (Fsp3) is 0.106. The molecule has 0 aromatic heterocycles. The maximum Gasteiger partial charge on any atom is -1.00 e. The van der Waals surface area contributed by atoms with Crippen LogP contribution >= 0.6 is 0 Å². The molecule has 0 saturated heterocycles. The fourth-order valence-electron chi connectivity index (χ4n) is 8.59. The third kappa shape index (κ3) is 6.36. The maximum absolute atomic E-state index is 2.57. The molecule has 0 nitrogen and oxygen atoms in total. The molecule has 2 aliphatic carbocycles. The Balaban J connectivity index is 0.00000203. The molecule has 0 radical (unpaired) electrons. The number of fused-ring (bicyclic) bond motifs is 5. The standard InChI is InChI=1S/C35H27.C12H11Si.2ClH.Zr/c1-2-10-25-22-34-30(28-16-7-13-23-11-3-5-14-26(23)28)18-9-20-32(34)35(25)31-19-8-17-29-27-15-6-4-12-24(27)21-33(29)31;1-3-7-11(8-4-1)13-12-9-5-2-6-10-12;;;/h3-9,11-22,35H,2,10H2,1H3;1-10,13H;2*1H;/q;;;;+2/p-2. The third-order valence-corrected chi connectivity index (χ3v) is 24.7. The fourth-order valence-corrected chi connectivity index (χ4v) is 23.4. The molecule has 2 atom stereocenters. The summed E-state index contributed by atoms with van der Waals surface area (Å²) in [6.07, 6.45) is 4.83. The van der Waals surface area contributed by atoms with Gasteiger partial charge in [-0.15, -0.1) is 0 Å². The Kier molecular flexibility index (Phi) is 10.8. The van der Waals surface area contributed by atoms with E-state index in [1.807, 2.05) is 0 Å². The molecule has 0 heterocycles. The quantitative estimate of drug-likeness (QED) is 0.199. The van der Waals surface area contributed by atoms with Crippen LogP contribution in [-0.4, -0.2) is 5.92 Å². The van der Waals surface area contributed by atoms with E-state index in [2.05, 4.69) is 177 Å². The number of hydrogen-bond acceptors (Lipinski definition) is 0. The average molecular weight is 793 g/mol. The van der Waals surface area contributed by atoms with Crippen LogP contribution in [0, 0.1) is 0 Å². The van der Waals surface area contributed by atoms with Crippen molar-refractivity contribution < 1.29 is 47.2 Å². The van der Waals surface area contributed by atoms with E-state index in [0.717, 1.165) is 12.8 Å². The van der Waals surface area contributed by atoms with Gasteiger partial charge in [-0.3, -0.25) is 0 Å². The van der Waals surface area contributed by atoms with Gasteiger partial charge in [-0.2, -0.15) is 0 Å². The van der Waals surface area contributed by atoms with Gasteiger partial charge in [0.1, 0.15) is 0 Å². The Morgan fingerprint density at radius 2 is 1.06 bits per heavy atom. The van der Waals surface area contributed by atoms with Crippen LogP contribution in [0.5, 0.6) is 0 Å². The van der Waals surface area contributed by atoms with E-state index in [9.17, 15) is 0 Å². The van der Waals surface area contributed by atoms with Crippen molar-refractivity contribution in [3.05, 3.63) is 197 Å².